The Morgan fingerprint density at radius 1 is 1.00 bits per heavy atom. The van der Waals surface area contributed by atoms with Crippen molar-refractivity contribution < 1.29 is 9.47 Å². The van der Waals surface area contributed by atoms with E-state index in [-0.39, 0.29) is 0 Å². The summed E-state index contributed by atoms with van der Waals surface area (Å²) in [6.07, 6.45) is 1.56. The number of nitrogens with zero attached hydrogens (tertiary/aromatic N) is 2. The molecule has 1 heterocycles. The van der Waals surface area contributed by atoms with E-state index in [0.29, 0.717) is 23.3 Å². The molecule has 0 aliphatic carbocycles. The van der Waals surface area contributed by atoms with Crippen molar-refractivity contribution in [2.45, 2.75) is 6.54 Å². The lowest BCUT2D eigenvalue weighted by Gasteiger charge is -2.11. The number of methoxy groups -OCH3 is 2. The molecule has 2 N–H and O–H groups in total. The van der Waals surface area contributed by atoms with Crippen molar-refractivity contribution in [1.29, 1.82) is 0 Å². The molecule has 2 aromatic carbocycles. The quantitative estimate of drug-likeness (QED) is 0.638. The molecule has 1 aromatic heterocycles. The van der Waals surface area contributed by atoms with Gasteiger partial charge in [0.25, 0.3) is 0 Å². The second kappa shape index (κ2) is 8.40. The number of nitrogens with one attached hydrogen (secondary N) is 2. The van der Waals surface area contributed by atoms with Gasteiger partial charge in [-0.05, 0) is 29.8 Å². The molecule has 0 aliphatic heterocycles. The highest BCUT2D eigenvalue weighted by atomic mass is 35.5. The summed E-state index contributed by atoms with van der Waals surface area (Å²) in [5.74, 6) is 2.55. The fraction of sp³-hybridized carbons (Fsp3) is 0.158. The highest BCUT2D eigenvalue weighted by Gasteiger charge is 2.07. The second-order valence-corrected chi connectivity index (χ2v) is 5.86. The molecule has 0 atom stereocenters. The number of benzene rings is 2. The summed E-state index contributed by atoms with van der Waals surface area (Å²) in [5.41, 5.74) is 1.88. The molecule has 0 bridgehead atoms. The minimum absolute atomic E-state index is 0.441. The third-order valence-corrected chi connectivity index (χ3v) is 3.94. The molecule has 134 valence electrons. The van der Waals surface area contributed by atoms with Gasteiger partial charge in [0, 0.05) is 18.3 Å². The first kappa shape index (κ1) is 17.8. The van der Waals surface area contributed by atoms with Crippen LogP contribution in [0.1, 0.15) is 5.56 Å². The van der Waals surface area contributed by atoms with Gasteiger partial charge in [-0.2, -0.15) is 4.98 Å². The summed E-state index contributed by atoms with van der Waals surface area (Å²) in [6.45, 7) is 0.562. The van der Waals surface area contributed by atoms with Crippen LogP contribution in [0.25, 0.3) is 0 Å². The number of hydrogen-bond donors (Lipinski definition) is 2. The van der Waals surface area contributed by atoms with Crippen LogP contribution in [0.4, 0.5) is 17.5 Å². The van der Waals surface area contributed by atoms with Crippen LogP contribution >= 0.6 is 11.6 Å². The Morgan fingerprint density at radius 3 is 2.50 bits per heavy atom. The van der Waals surface area contributed by atoms with E-state index in [4.69, 9.17) is 21.1 Å². The summed E-state index contributed by atoms with van der Waals surface area (Å²) >= 11 is 6.21. The molecule has 0 saturated heterocycles. The van der Waals surface area contributed by atoms with Gasteiger partial charge in [0.05, 0.1) is 20.4 Å². The number of anilines is 3. The standard InChI is InChI=1S/C19H19ClN4O2/c1-25-15-7-3-5-13(9-15)11-21-18-17(20)12-22-19(24-18)23-14-6-4-8-16(10-14)26-2/h3-10,12H,11H2,1-2H3,(H2,21,22,23,24). The Balaban J connectivity index is 1.72. The van der Waals surface area contributed by atoms with Gasteiger partial charge in [0.2, 0.25) is 5.95 Å². The molecule has 0 saturated carbocycles. The van der Waals surface area contributed by atoms with Gasteiger partial charge < -0.3 is 20.1 Å². The Kier molecular flexibility index (Phi) is 5.76. The van der Waals surface area contributed by atoms with Crippen molar-refractivity contribution >= 4 is 29.1 Å². The zero-order chi connectivity index (χ0) is 18.4. The molecule has 0 aliphatic rings. The first-order valence-electron chi connectivity index (χ1n) is 7.98. The van der Waals surface area contributed by atoms with Gasteiger partial charge in [-0.15, -0.1) is 0 Å². The molecule has 0 fully saturated rings. The van der Waals surface area contributed by atoms with Crippen molar-refractivity contribution in [3.63, 3.8) is 0 Å². The second-order valence-electron chi connectivity index (χ2n) is 5.45. The van der Waals surface area contributed by atoms with E-state index < -0.39 is 0 Å². The first-order valence-corrected chi connectivity index (χ1v) is 8.36. The van der Waals surface area contributed by atoms with Crippen LogP contribution < -0.4 is 20.1 Å². The zero-order valence-electron chi connectivity index (χ0n) is 14.5. The average Bonchev–Trinajstić information content (AvgIpc) is 2.68. The summed E-state index contributed by atoms with van der Waals surface area (Å²) in [6, 6.07) is 15.3. The number of halogens is 1. The maximum atomic E-state index is 6.21. The van der Waals surface area contributed by atoms with Crippen LogP contribution in [0.2, 0.25) is 5.02 Å². The highest BCUT2D eigenvalue weighted by Crippen LogP contribution is 2.24. The van der Waals surface area contributed by atoms with E-state index in [1.54, 1.807) is 20.4 Å². The number of rotatable bonds is 7. The predicted molar refractivity (Wildman–Crippen MR) is 104 cm³/mol. The molecular weight excluding hydrogens is 352 g/mol. The van der Waals surface area contributed by atoms with E-state index in [2.05, 4.69) is 20.6 Å². The molecular formula is C19H19ClN4O2. The summed E-state index contributed by atoms with van der Waals surface area (Å²) < 4.78 is 10.5. The maximum absolute atomic E-state index is 6.21. The van der Waals surface area contributed by atoms with Gasteiger partial charge in [-0.3, -0.25) is 0 Å². The normalized spacial score (nSPS) is 10.3. The minimum Gasteiger partial charge on any atom is -0.497 e. The third-order valence-electron chi connectivity index (χ3n) is 3.66. The lowest BCUT2D eigenvalue weighted by molar-refractivity contribution is 0.414. The monoisotopic (exact) mass is 370 g/mol. The Morgan fingerprint density at radius 2 is 1.73 bits per heavy atom. The van der Waals surface area contributed by atoms with Gasteiger partial charge >= 0.3 is 0 Å². The average molecular weight is 371 g/mol. The summed E-state index contributed by atoms with van der Waals surface area (Å²) in [4.78, 5) is 8.66. The molecule has 3 aromatic rings. The van der Waals surface area contributed by atoms with Crippen molar-refractivity contribution in [2.75, 3.05) is 24.9 Å². The molecule has 0 radical (unpaired) electrons. The van der Waals surface area contributed by atoms with Crippen LogP contribution in [0.15, 0.2) is 54.7 Å². The van der Waals surface area contributed by atoms with Crippen molar-refractivity contribution in [3.8, 4) is 11.5 Å². The van der Waals surface area contributed by atoms with Crippen molar-refractivity contribution in [1.82, 2.24) is 9.97 Å². The van der Waals surface area contributed by atoms with Crippen LogP contribution in [0, 0.1) is 0 Å². The topological polar surface area (TPSA) is 68.3 Å². The lowest BCUT2D eigenvalue weighted by Crippen LogP contribution is -2.05. The third kappa shape index (κ3) is 4.55. The van der Waals surface area contributed by atoms with E-state index in [9.17, 15) is 0 Å². The zero-order valence-corrected chi connectivity index (χ0v) is 15.2. The number of ether oxygens (including phenoxy) is 2. The predicted octanol–water partition coefficient (Wildman–Crippen LogP) is 4.50. The van der Waals surface area contributed by atoms with Crippen LogP contribution in [0.3, 0.4) is 0 Å². The smallest absolute Gasteiger partial charge is 0.229 e. The van der Waals surface area contributed by atoms with Crippen molar-refractivity contribution in [3.05, 3.63) is 65.3 Å². The molecule has 0 amide bonds. The molecule has 0 unspecified atom stereocenters. The molecule has 6 nitrogen and oxygen atoms in total. The van der Waals surface area contributed by atoms with E-state index >= 15 is 0 Å². The SMILES string of the molecule is COc1cccc(CNc2nc(Nc3cccc(OC)c3)ncc2Cl)c1. The molecule has 0 spiro atoms. The van der Waals surface area contributed by atoms with Crippen molar-refractivity contribution in [2.24, 2.45) is 0 Å². The first-order chi connectivity index (χ1) is 12.7. The molecule has 26 heavy (non-hydrogen) atoms. The van der Waals surface area contributed by atoms with Crippen LogP contribution in [-0.2, 0) is 6.54 Å². The Hall–Kier alpha value is -2.99. The number of aromatic nitrogens is 2. The van der Waals surface area contributed by atoms with Gasteiger partial charge in [0.1, 0.15) is 16.5 Å². The molecule has 3 rings (SSSR count). The summed E-state index contributed by atoms with van der Waals surface area (Å²) in [7, 11) is 3.27. The van der Waals surface area contributed by atoms with Gasteiger partial charge in [0.15, 0.2) is 5.82 Å². The minimum atomic E-state index is 0.441. The van der Waals surface area contributed by atoms with E-state index in [1.807, 2.05) is 48.5 Å². The van der Waals surface area contributed by atoms with Gasteiger partial charge in [-0.1, -0.05) is 29.8 Å². The fourth-order valence-electron chi connectivity index (χ4n) is 2.35. The van der Waals surface area contributed by atoms with Gasteiger partial charge in [-0.25, -0.2) is 4.98 Å². The largest absolute Gasteiger partial charge is 0.497 e. The summed E-state index contributed by atoms with van der Waals surface area (Å²) in [5, 5.41) is 6.82. The maximum Gasteiger partial charge on any atom is 0.229 e. The highest BCUT2D eigenvalue weighted by molar-refractivity contribution is 6.32. The molecule has 7 heteroatoms. The van der Waals surface area contributed by atoms with E-state index in [0.717, 1.165) is 22.7 Å². The van der Waals surface area contributed by atoms with Crippen LogP contribution in [0.5, 0.6) is 11.5 Å². The Bertz CT molecular complexity index is 889. The Labute approximate surface area is 157 Å². The fourth-order valence-corrected chi connectivity index (χ4v) is 2.51. The lowest BCUT2D eigenvalue weighted by atomic mass is 10.2. The number of hydrogen-bond acceptors (Lipinski definition) is 6. The van der Waals surface area contributed by atoms with E-state index in [1.165, 1.54) is 0 Å². The van der Waals surface area contributed by atoms with Crippen LogP contribution in [-0.4, -0.2) is 24.2 Å².